The predicted octanol–water partition coefficient (Wildman–Crippen LogP) is 2.66. The SMILES string of the molecule is COC(=O)c1ccc(CSCC(=O)OC(C)C)cc1. The molecule has 0 N–H and O–H groups in total. The zero-order valence-electron chi connectivity index (χ0n) is 11.3. The predicted molar refractivity (Wildman–Crippen MR) is 75.2 cm³/mol. The van der Waals surface area contributed by atoms with Gasteiger partial charge in [0.15, 0.2) is 0 Å². The van der Waals surface area contributed by atoms with Crippen molar-refractivity contribution in [2.75, 3.05) is 12.9 Å². The maximum absolute atomic E-state index is 11.3. The molecule has 0 unspecified atom stereocenters. The van der Waals surface area contributed by atoms with Crippen molar-refractivity contribution in [3.05, 3.63) is 35.4 Å². The van der Waals surface area contributed by atoms with Crippen LogP contribution in [-0.2, 0) is 20.0 Å². The van der Waals surface area contributed by atoms with Crippen LogP contribution in [0.25, 0.3) is 0 Å². The topological polar surface area (TPSA) is 52.6 Å². The zero-order chi connectivity index (χ0) is 14.3. The first-order valence-electron chi connectivity index (χ1n) is 5.97. The molecular weight excluding hydrogens is 264 g/mol. The van der Waals surface area contributed by atoms with E-state index in [1.807, 2.05) is 26.0 Å². The van der Waals surface area contributed by atoms with Gasteiger partial charge in [-0.3, -0.25) is 4.79 Å². The van der Waals surface area contributed by atoms with Gasteiger partial charge in [-0.2, -0.15) is 0 Å². The molecule has 0 aliphatic carbocycles. The summed E-state index contributed by atoms with van der Waals surface area (Å²) in [7, 11) is 1.35. The Hall–Kier alpha value is -1.49. The molecule has 0 radical (unpaired) electrons. The number of benzene rings is 1. The Morgan fingerprint density at radius 3 is 2.37 bits per heavy atom. The summed E-state index contributed by atoms with van der Waals surface area (Å²) in [4.78, 5) is 22.6. The molecule has 4 nitrogen and oxygen atoms in total. The second-order valence-corrected chi connectivity index (χ2v) is 5.21. The fraction of sp³-hybridized carbons (Fsp3) is 0.429. The minimum Gasteiger partial charge on any atom is -0.465 e. The first-order chi connectivity index (χ1) is 9.02. The second-order valence-electron chi connectivity index (χ2n) is 4.22. The van der Waals surface area contributed by atoms with Gasteiger partial charge in [-0.25, -0.2) is 4.79 Å². The highest BCUT2D eigenvalue weighted by atomic mass is 32.2. The van der Waals surface area contributed by atoms with Gasteiger partial charge in [0, 0.05) is 5.75 Å². The van der Waals surface area contributed by atoms with Crippen molar-refractivity contribution in [1.29, 1.82) is 0 Å². The van der Waals surface area contributed by atoms with E-state index in [0.717, 1.165) is 5.56 Å². The van der Waals surface area contributed by atoms with Gasteiger partial charge in [0.05, 0.1) is 24.5 Å². The van der Waals surface area contributed by atoms with Crippen LogP contribution in [0.1, 0.15) is 29.8 Å². The molecule has 0 atom stereocenters. The molecule has 0 fully saturated rings. The van der Waals surface area contributed by atoms with Crippen molar-refractivity contribution in [2.24, 2.45) is 0 Å². The minimum absolute atomic E-state index is 0.0764. The lowest BCUT2D eigenvalue weighted by atomic mass is 10.1. The molecule has 104 valence electrons. The molecule has 1 rings (SSSR count). The maximum atomic E-state index is 11.3. The van der Waals surface area contributed by atoms with Crippen LogP contribution in [0.3, 0.4) is 0 Å². The van der Waals surface area contributed by atoms with Gasteiger partial charge < -0.3 is 9.47 Å². The number of rotatable bonds is 6. The van der Waals surface area contributed by atoms with Gasteiger partial charge >= 0.3 is 11.9 Å². The van der Waals surface area contributed by atoms with E-state index in [1.54, 1.807) is 12.1 Å². The van der Waals surface area contributed by atoms with Gasteiger partial charge in [-0.15, -0.1) is 11.8 Å². The van der Waals surface area contributed by atoms with Gasteiger partial charge in [-0.05, 0) is 31.5 Å². The molecule has 0 saturated carbocycles. The van der Waals surface area contributed by atoms with Crippen LogP contribution < -0.4 is 0 Å². The number of carbonyl (C=O) groups excluding carboxylic acids is 2. The van der Waals surface area contributed by atoms with Gasteiger partial charge in [-0.1, -0.05) is 12.1 Å². The Labute approximate surface area is 117 Å². The number of hydrogen-bond donors (Lipinski definition) is 0. The summed E-state index contributed by atoms with van der Waals surface area (Å²) in [6.45, 7) is 3.65. The van der Waals surface area contributed by atoms with Crippen LogP contribution in [0.15, 0.2) is 24.3 Å². The number of ether oxygens (including phenoxy) is 2. The molecule has 0 bridgehead atoms. The Morgan fingerprint density at radius 1 is 1.21 bits per heavy atom. The maximum Gasteiger partial charge on any atom is 0.337 e. The van der Waals surface area contributed by atoms with Crippen molar-refractivity contribution in [3.8, 4) is 0 Å². The largest absolute Gasteiger partial charge is 0.465 e. The summed E-state index contributed by atoms with van der Waals surface area (Å²) in [6, 6.07) is 7.14. The van der Waals surface area contributed by atoms with E-state index in [9.17, 15) is 9.59 Å². The highest BCUT2D eigenvalue weighted by Gasteiger charge is 2.07. The van der Waals surface area contributed by atoms with E-state index < -0.39 is 0 Å². The van der Waals surface area contributed by atoms with Crippen LogP contribution in [0.4, 0.5) is 0 Å². The molecule has 0 aromatic heterocycles. The van der Waals surface area contributed by atoms with Crippen LogP contribution in [-0.4, -0.2) is 30.9 Å². The van der Waals surface area contributed by atoms with Crippen molar-refractivity contribution in [3.63, 3.8) is 0 Å². The van der Waals surface area contributed by atoms with Crippen molar-refractivity contribution in [1.82, 2.24) is 0 Å². The third kappa shape index (κ3) is 5.79. The monoisotopic (exact) mass is 282 g/mol. The number of hydrogen-bond acceptors (Lipinski definition) is 5. The number of carbonyl (C=O) groups is 2. The third-order valence-corrected chi connectivity index (χ3v) is 3.21. The molecule has 0 spiro atoms. The summed E-state index contributed by atoms with van der Waals surface area (Å²) in [5, 5.41) is 0. The summed E-state index contributed by atoms with van der Waals surface area (Å²) < 4.78 is 9.65. The number of methoxy groups -OCH3 is 1. The third-order valence-electron chi connectivity index (χ3n) is 2.23. The molecule has 0 saturated heterocycles. The van der Waals surface area contributed by atoms with Crippen LogP contribution in [0.2, 0.25) is 0 Å². The highest BCUT2D eigenvalue weighted by molar-refractivity contribution is 7.99. The minimum atomic E-state index is -0.347. The molecule has 0 aliphatic heterocycles. The van der Waals surface area contributed by atoms with Crippen LogP contribution >= 0.6 is 11.8 Å². The molecule has 0 amide bonds. The molecule has 1 aromatic rings. The van der Waals surface area contributed by atoms with E-state index in [1.165, 1.54) is 18.9 Å². The Kier molecular flexibility index (Phi) is 6.42. The van der Waals surface area contributed by atoms with Crippen molar-refractivity contribution in [2.45, 2.75) is 25.7 Å². The fourth-order valence-corrected chi connectivity index (χ4v) is 2.17. The van der Waals surface area contributed by atoms with Gasteiger partial charge in [0.2, 0.25) is 0 Å². The number of thioether (sulfide) groups is 1. The van der Waals surface area contributed by atoms with Crippen LogP contribution in [0, 0.1) is 0 Å². The van der Waals surface area contributed by atoms with Crippen molar-refractivity contribution >= 4 is 23.7 Å². The smallest absolute Gasteiger partial charge is 0.337 e. The first-order valence-corrected chi connectivity index (χ1v) is 7.13. The Bertz CT molecular complexity index is 426. The summed E-state index contributed by atoms with van der Waals surface area (Å²) >= 11 is 1.49. The summed E-state index contributed by atoms with van der Waals surface area (Å²) in [6.07, 6.45) is -0.0764. The normalized spacial score (nSPS) is 10.3. The van der Waals surface area contributed by atoms with Crippen molar-refractivity contribution < 1.29 is 19.1 Å². The standard InChI is InChI=1S/C14H18O4S/c1-10(2)18-13(15)9-19-8-11-4-6-12(7-5-11)14(16)17-3/h4-7,10H,8-9H2,1-3H3. The molecule has 5 heteroatoms. The van der Waals surface area contributed by atoms with E-state index in [0.29, 0.717) is 17.1 Å². The van der Waals surface area contributed by atoms with Gasteiger partial charge in [0.1, 0.15) is 0 Å². The molecular formula is C14H18O4S. The highest BCUT2D eigenvalue weighted by Crippen LogP contribution is 2.14. The van der Waals surface area contributed by atoms with E-state index in [4.69, 9.17) is 4.74 Å². The molecule has 0 heterocycles. The van der Waals surface area contributed by atoms with Crippen LogP contribution in [0.5, 0.6) is 0 Å². The zero-order valence-corrected chi connectivity index (χ0v) is 12.2. The van der Waals surface area contributed by atoms with E-state index >= 15 is 0 Å². The second kappa shape index (κ2) is 7.84. The molecule has 0 aliphatic rings. The number of esters is 2. The average Bonchev–Trinajstić information content (AvgIpc) is 2.37. The lowest BCUT2D eigenvalue weighted by Crippen LogP contribution is -2.13. The Balaban J connectivity index is 2.38. The average molecular weight is 282 g/mol. The Morgan fingerprint density at radius 2 is 1.84 bits per heavy atom. The fourth-order valence-electron chi connectivity index (χ4n) is 1.40. The summed E-state index contributed by atoms with van der Waals surface area (Å²) in [5.74, 6) is 0.483. The lowest BCUT2D eigenvalue weighted by Gasteiger charge is -2.07. The lowest BCUT2D eigenvalue weighted by molar-refractivity contribution is -0.144. The van der Waals surface area contributed by atoms with Gasteiger partial charge in [0.25, 0.3) is 0 Å². The van der Waals surface area contributed by atoms with E-state index in [-0.39, 0.29) is 18.0 Å². The summed E-state index contributed by atoms with van der Waals surface area (Å²) in [5.41, 5.74) is 1.57. The van der Waals surface area contributed by atoms with E-state index in [2.05, 4.69) is 4.74 Å². The molecule has 19 heavy (non-hydrogen) atoms. The molecule has 1 aromatic carbocycles. The first kappa shape index (κ1) is 15.6. The quantitative estimate of drug-likeness (QED) is 0.751.